The fraction of sp³-hybridized carbons (Fsp3) is 0.286. The van der Waals surface area contributed by atoms with Crippen LogP contribution in [0.2, 0.25) is 0 Å². The normalized spacial score (nSPS) is 17.1. The highest BCUT2D eigenvalue weighted by molar-refractivity contribution is 6.14. The van der Waals surface area contributed by atoms with E-state index in [4.69, 9.17) is 9.98 Å². The molecule has 34 heavy (non-hydrogen) atoms. The topological polar surface area (TPSA) is 40.0 Å². The molecular weight excluding hydrogens is 430 g/mol. The monoisotopic (exact) mass is 460 g/mol. The van der Waals surface area contributed by atoms with Crippen molar-refractivity contribution < 1.29 is 8.78 Å². The average Bonchev–Trinajstić information content (AvgIpc) is 2.81. The first-order valence-electron chi connectivity index (χ1n) is 11.7. The Morgan fingerprint density at radius 2 is 1.50 bits per heavy atom. The van der Waals surface area contributed by atoms with Crippen LogP contribution >= 0.6 is 0 Å². The van der Waals surface area contributed by atoms with Crippen LogP contribution in [0.3, 0.4) is 0 Å². The molecule has 0 spiro atoms. The SMILES string of the molecule is Cc1cccc(C)c1/C(=N/C(=Nc1ccc(F)cc1)N1CCCCC1C)Nc1ccc(F)cc1. The van der Waals surface area contributed by atoms with Gasteiger partial charge in [-0.1, -0.05) is 18.2 Å². The minimum atomic E-state index is -0.301. The number of nitrogens with one attached hydrogen (secondary N) is 1. The molecule has 0 amide bonds. The van der Waals surface area contributed by atoms with Crippen LogP contribution < -0.4 is 5.32 Å². The molecular formula is C28H30F2N4. The maximum Gasteiger partial charge on any atom is 0.228 e. The zero-order valence-corrected chi connectivity index (χ0v) is 19.9. The van der Waals surface area contributed by atoms with Gasteiger partial charge in [0.15, 0.2) is 0 Å². The van der Waals surface area contributed by atoms with Crippen molar-refractivity contribution >= 4 is 23.2 Å². The fourth-order valence-corrected chi connectivity index (χ4v) is 4.28. The maximum absolute atomic E-state index is 13.5. The van der Waals surface area contributed by atoms with E-state index in [0.717, 1.165) is 41.8 Å². The number of piperidine rings is 1. The molecule has 0 bridgehead atoms. The molecule has 176 valence electrons. The molecule has 1 aliphatic rings. The van der Waals surface area contributed by atoms with Gasteiger partial charge >= 0.3 is 0 Å². The Balaban J connectivity index is 1.85. The van der Waals surface area contributed by atoms with Crippen LogP contribution in [0.15, 0.2) is 76.7 Å². The highest BCUT2D eigenvalue weighted by Crippen LogP contribution is 2.23. The van der Waals surface area contributed by atoms with Gasteiger partial charge in [0.05, 0.1) is 5.69 Å². The number of hydrogen-bond acceptors (Lipinski definition) is 1. The summed E-state index contributed by atoms with van der Waals surface area (Å²) in [5.41, 5.74) is 4.49. The summed E-state index contributed by atoms with van der Waals surface area (Å²) < 4.78 is 27.0. The van der Waals surface area contributed by atoms with Gasteiger partial charge in [0, 0.05) is 23.8 Å². The van der Waals surface area contributed by atoms with Crippen LogP contribution in [0.4, 0.5) is 20.2 Å². The van der Waals surface area contributed by atoms with Crippen LogP contribution in [0, 0.1) is 25.5 Å². The van der Waals surface area contributed by atoms with E-state index in [1.807, 2.05) is 32.0 Å². The van der Waals surface area contributed by atoms with E-state index in [9.17, 15) is 8.78 Å². The van der Waals surface area contributed by atoms with Crippen molar-refractivity contribution in [1.29, 1.82) is 0 Å². The molecule has 1 atom stereocenters. The van der Waals surface area contributed by atoms with E-state index >= 15 is 0 Å². The number of nitrogens with zero attached hydrogens (tertiary/aromatic N) is 3. The van der Waals surface area contributed by atoms with E-state index in [0.29, 0.717) is 17.5 Å². The number of aliphatic imine (C=N–C) groups is 2. The van der Waals surface area contributed by atoms with Gasteiger partial charge in [-0.15, -0.1) is 0 Å². The first-order valence-corrected chi connectivity index (χ1v) is 11.7. The predicted octanol–water partition coefficient (Wildman–Crippen LogP) is 7.00. The number of amidine groups is 1. The van der Waals surface area contributed by atoms with Gasteiger partial charge in [-0.05, 0) is 99.7 Å². The third-order valence-corrected chi connectivity index (χ3v) is 6.15. The first kappa shape index (κ1) is 23.6. The second-order valence-electron chi connectivity index (χ2n) is 8.79. The molecule has 6 heteroatoms. The summed E-state index contributed by atoms with van der Waals surface area (Å²) in [4.78, 5) is 12.1. The number of halogens is 2. The molecule has 0 aliphatic carbocycles. The zero-order valence-electron chi connectivity index (χ0n) is 19.9. The van der Waals surface area contributed by atoms with Crippen molar-refractivity contribution in [2.24, 2.45) is 9.98 Å². The number of rotatable bonds is 3. The van der Waals surface area contributed by atoms with Gasteiger partial charge in [0.2, 0.25) is 5.96 Å². The lowest BCUT2D eigenvalue weighted by Crippen LogP contribution is -2.42. The van der Waals surface area contributed by atoms with E-state index in [1.54, 1.807) is 24.3 Å². The summed E-state index contributed by atoms with van der Waals surface area (Å²) in [7, 11) is 0. The number of guanidine groups is 1. The van der Waals surface area contributed by atoms with E-state index in [2.05, 4.69) is 17.1 Å². The summed E-state index contributed by atoms with van der Waals surface area (Å²) >= 11 is 0. The quantitative estimate of drug-likeness (QED) is 0.338. The molecule has 4 rings (SSSR count). The number of hydrogen-bond donors (Lipinski definition) is 1. The van der Waals surface area contributed by atoms with Gasteiger partial charge < -0.3 is 10.2 Å². The molecule has 0 radical (unpaired) electrons. The van der Waals surface area contributed by atoms with E-state index in [-0.39, 0.29) is 17.7 Å². The molecule has 1 heterocycles. The lowest BCUT2D eigenvalue weighted by atomic mass is 10.0. The molecule has 1 saturated heterocycles. The number of likely N-dealkylation sites (tertiary alicyclic amines) is 1. The Bertz CT molecular complexity index is 1160. The minimum absolute atomic E-state index is 0.279. The highest BCUT2D eigenvalue weighted by atomic mass is 19.1. The number of benzene rings is 3. The fourth-order valence-electron chi connectivity index (χ4n) is 4.28. The third kappa shape index (κ3) is 5.68. The summed E-state index contributed by atoms with van der Waals surface area (Å²) in [5.74, 6) is 0.619. The summed E-state index contributed by atoms with van der Waals surface area (Å²) in [6, 6.07) is 18.7. The number of anilines is 1. The summed E-state index contributed by atoms with van der Waals surface area (Å²) in [6.45, 7) is 7.12. The van der Waals surface area contributed by atoms with Crippen molar-refractivity contribution in [3.63, 3.8) is 0 Å². The van der Waals surface area contributed by atoms with Crippen LogP contribution in [-0.2, 0) is 0 Å². The summed E-state index contributed by atoms with van der Waals surface area (Å²) in [5, 5.41) is 3.40. The van der Waals surface area contributed by atoms with E-state index in [1.165, 1.54) is 30.7 Å². The highest BCUT2D eigenvalue weighted by Gasteiger charge is 2.23. The molecule has 0 aromatic heterocycles. The lowest BCUT2D eigenvalue weighted by Gasteiger charge is -2.34. The van der Waals surface area contributed by atoms with Crippen molar-refractivity contribution in [2.75, 3.05) is 11.9 Å². The first-order chi connectivity index (χ1) is 16.4. The molecule has 1 fully saturated rings. The average molecular weight is 461 g/mol. The summed E-state index contributed by atoms with van der Waals surface area (Å²) in [6.07, 6.45) is 3.29. The van der Waals surface area contributed by atoms with Gasteiger partial charge in [0.25, 0.3) is 0 Å². The van der Waals surface area contributed by atoms with Crippen molar-refractivity contribution in [2.45, 2.75) is 46.1 Å². The van der Waals surface area contributed by atoms with Crippen LogP contribution in [0.25, 0.3) is 0 Å². The van der Waals surface area contributed by atoms with Gasteiger partial charge in [-0.25, -0.2) is 13.8 Å². The van der Waals surface area contributed by atoms with Gasteiger partial charge in [-0.3, -0.25) is 0 Å². The number of aryl methyl sites for hydroxylation is 2. The van der Waals surface area contributed by atoms with Gasteiger partial charge in [0.1, 0.15) is 17.5 Å². The molecule has 3 aromatic carbocycles. The molecule has 4 nitrogen and oxygen atoms in total. The third-order valence-electron chi connectivity index (χ3n) is 6.15. The molecule has 3 aromatic rings. The van der Waals surface area contributed by atoms with Crippen LogP contribution in [0.5, 0.6) is 0 Å². The second-order valence-corrected chi connectivity index (χ2v) is 8.79. The van der Waals surface area contributed by atoms with Gasteiger partial charge in [-0.2, -0.15) is 4.99 Å². The van der Waals surface area contributed by atoms with Crippen molar-refractivity contribution in [1.82, 2.24) is 4.90 Å². The maximum atomic E-state index is 13.5. The van der Waals surface area contributed by atoms with Crippen molar-refractivity contribution in [3.8, 4) is 0 Å². The Labute approximate surface area is 200 Å². The molecule has 1 unspecified atom stereocenters. The zero-order chi connectivity index (χ0) is 24.1. The van der Waals surface area contributed by atoms with E-state index < -0.39 is 0 Å². The largest absolute Gasteiger partial charge is 0.340 e. The standard InChI is InChI=1S/C28H30F2N4/c1-19-7-6-8-20(2)26(19)27(31-24-14-10-22(29)11-15-24)33-28(34-18-5-4-9-21(34)3)32-25-16-12-23(30)13-17-25/h6-8,10-17,21H,4-5,9,18H2,1-3H3,(H,31,32,33). The smallest absolute Gasteiger partial charge is 0.228 e. The van der Waals surface area contributed by atoms with Crippen LogP contribution in [0.1, 0.15) is 42.9 Å². The molecule has 1 aliphatic heterocycles. The second kappa shape index (κ2) is 10.6. The predicted molar refractivity (Wildman–Crippen MR) is 136 cm³/mol. The Hall–Kier alpha value is -3.54. The van der Waals surface area contributed by atoms with Crippen LogP contribution in [-0.4, -0.2) is 29.3 Å². The Morgan fingerprint density at radius 3 is 2.12 bits per heavy atom. The minimum Gasteiger partial charge on any atom is -0.340 e. The molecule has 0 saturated carbocycles. The Kier molecular flexibility index (Phi) is 7.36. The van der Waals surface area contributed by atoms with Crippen molar-refractivity contribution in [3.05, 3.63) is 95.1 Å². The molecule has 1 N–H and O–H groups in total. The Morgan fingerprint density at radius 1 is 0.882 bits per heavy atom. The lowest BCUT2D eigenvalue weighted by molar-refractivity contribution is 0.256.